The second kappa shape index (κ2) is 8.00. The van der Waals surface area contributed by atoms with Crippen molar-refractivity contribution in [2.45, 2.75) is 19.3 Å². The molecule has 0 saturated heterocycles. The maximum absolute atomic E-state index is 13.7. The first-order chi connectivity index (χ1) is 9.11. The second-order valence-corrected chi connectivity index (χ2v) is 4.67. The van der Waals surface area contributed by atoms with Crippen molar-refractivity contribution in [2.75, 3.05) is 26.6 Å². The van der Waals surface area contributed by atoms with Gasteiger partial charge in [0.2, 0.25) is 0 Å². The van der Waals surface area contributed by atoms with Gasteiger partial charge in [-0.25, -0.2) is 4.39 Å². The van der Waals surface area contributed by atoms with Crippen LogP contribution in [0.2, 0.25) is 0 Å². The number of halogens is 2. The minimum atomic E-state index is -0.558. The summed E-state index contributed by atoms with van der Waals surface area (Å²) in [5, 5.41) is 0. The molecule has 3 nitrogen and oxygen atoms in total. The SMILES string of the molecule is COc1cccc(F)c1C(=O)N(C)CCCCCCl. The molecular weight excluding hydrogens is 269 g/mol. The van der Waals surface area contributed by atoms with Crippen molar-refractivity contribution >= 4 is 17.5 Å². The molecule has 1 aromatic rings. The molecule has 0 radical (unpaired) electrons. The van der Waals surface area contributed by atoms with E-state index in [2.05, 4.69) is 0 Å². The minimum absolute atomic E-state index is 0.00940. The van der Waals surface area contributed by atoms with Crippen LogP contribution >= 0.6 is 11.6 Å². The van der Waals surface area contributed by atoms with E-state index >= 15 is 0 Å². The number of hydrogen-bond acceptors (Lipinski definition) is 2. The number of methoxy groups -OCH3 is 1. The number of rotatable bonds is 7. The number of carbonyl (C=O) groups excluding carboxylic acids is 1. The molecule has 1 rings (SSSR count). The van der Waals surface area contributed by atoms with Crippen LogP contribution in [0.15, 0.2) is 18.2 Å². The van der Waals surface area contributed by atoms with Crippen molar-refractivity contribution in [2.24, 2.45) is 0 Å². The summed E-state index contributed by atoms with van der Waals surface area (Å²) in [4.78, 5) is 13.7. The van der Waals surface area contributed by atoms with E-state index in [0.29, 0.717) is 12.4 Å². The molecule has 0 aliphatic carbocycles. The van der Waals surface area contributed by atoms with Crippen LogP contribution in [0.5, 0.6) is 5.75 Å². The third-order valence-electron chi connectivity index (χ3n) is 2.88. The molecule has 0 aromatic heterocycles. The molecule has 1 aromatic carbocycles. The number of unbranched alkanes of at least 4 members (excludes halogenated alkanes) is 2. The molecule has 0 bridgehead atoms. The zero-order valence-corrected chi connectivity index (χ0v) is 12.0. The summed E-state index contributed by atoms with van der Waals surface area (Å²) in [5.41, 5.74) is -0.00940. The van der Waals surface area contributed by atoms with E-state index in [-0.39, 0.29) is 17.2 Å². The molecule has 0 saturated carbocycles. The topological polar surface area (TPSA) is 29.5 Å². The summed E-state index contributed by atoms with van der Waals surface area (Å²) in [6, 6.07) is 4.36. The van der Waals surface area contributed by atoms with Crippen LogP contribution in [0.1, 0.15) is 29.6 Å². The Balaban J connectivity index is 2.71. The van der Waals surface area contributed by atoms with Gasteiger partial charge in [0.05, 0.1) is 7.11 Å². The van der Waals surface area contributed by atoms with Gasteiger partial charge >= 0.3 is 0 Å². The van der Waals surface area contributed by atoms with E-state index in [0.717, 1.165) is 19.3 Å². The average molecular weight is 288 g/mol. The van der Waals surface area contributed by atoms with Gasteiger partial charge in [0.25, 0.3) is 5.91 Å². The summed E-state index contributed by atoms with van der Waals surface area (Å²) in [6.45, 7) is 0.577. The van der Waals surface area contributed by atoms with Crippen LogP contribution in [0.4, 0.5) is 4.39 Å². The molecule has 0 aliphatic heterocycles. The fourth-order valence-electron chi connectivity index (χ4n) is 1.79. The summed E-state index contributed by atoms with van der Waals surface area (Å²) in [5.74, 6) is -0.0332. The number of carbonyl (C=O) groups is 1. The lowest BCUT2D eigenvalue weighted by molar-refractivity contribution is 0.0784. The zero-order valence-electron chi connectivity index (χ0n) is 11.3. The van der Waals surface area contributed by atoms with Crippen LogP contribution in [-0.2, 0) is 0 Å². The van der Waals surface area contributed by atoms with Crippen LogP contribution in [0.3, 0.4) is 0 Å². The predicted molar refractivity (Wildman–Crippen MR) is 74.5 cm³/mol. The fraction of sp³-hybridized carbons (Fsp3) is 0.500. The summed E-state index contributed by atoms with van der Waals surface area (Å²) in [6.07, 6.45) is 2.73. The number of hydrogen-bond donors (Lipinski definition) is 0. The van der Waals surface area contributed by atoms with Gasteiger partial charge in [0.1, 0.15) is 17.1 Å². The Kier molecular flexibility index (Phi) is 6.64. The van der Waals surface area contributed by atoms with E-state index in [4.69, 9.17) is 16.3 Å². The zero-order chi connectivity index (χ0) is 14.3. The summed E-state index contributed by atoms with van der Waals surface area (Å²) in [7, 11) is 3.08. The maximum atomic E-state index is 13.7. The van der Waals surface area contributed by atoms with Crippen LogP contribution in [-0.4, -0.2) is 37.4 Å². The molecule has 5 heteroatoms. The lowest BCUT2D eigenvalue weighted by Crippen LogP contribution is -2.29. The van der Waals surface area contributed by atoms with Gasteiger partial charge in [-0.2, -0.15) is 0 Å². The highest BCUT2D eigenvalue weighted by Crippen LogP contribution is 2.22. The van der Waals surface area contributed by atoms with Crippen LogP contribution in [0, 0.1) is 5.82 Å². The lowest BCUT2D eigenvalue weighted by atomic mass is 10.1. The molecule has 1 amide bonds. The maximum Gasteiger partial charge on any atom is 0.260 e. The Labute approximate surface area is 118 Å². The predicted octanol–water partition coefficient (Wildman–Crippen LogP) is 3.32. The lowest BCUT2D eigenvalue weighted by Gasteiger charge is -2.18. The number of ether oxygens (including phenoxy) is 1. The number of alkyl halides is 1. The van der Waals surface area contributed by atoms with Crippen LogP contribution in [0.25, 0.3) is 0 Å². The van der Waals surface area contributed by atoms with Gasteiger partial charge < -0.3 is 9.64 Å². The molecule has 0 N–H and O–H groups in total. The van der Waals surface area contributed by atoms with Crippen molar-refractivity contribution < 1.29 is 13.9 Å². The highest BCUT2D eigenvalue weighted by Gasteiger charge is 2.20. The first kappa shape index (κ1) is 15.8. The van der Waals surface area contributed by atoms with Gasteiger partial charge in [0, 0.05) is 19.5 Å². The quantitative estimate of drug-likeness (QED) is 0.569. The van der Waals surface area contributed by atoms with Gasteiger partial charge in [-0.3, -0.25) is 4.79 Å². The summed E-state index contributed by atoms with van der Waals surface area (Å²) >= 11 is 5.59. The van der Waals surface area contributed by atoms with Gasteiger partial charge in [-0.1, -0.05) is 12.5 Å². The molecule has 106 valence electrons. The Morgan fingerprint density at radius 1 is 1.37 bits per heavy atom. The molecular formula is C14H19ClFNO2. The average Bonchev–Trinajstić information content (AvgIpc) is 2.42. The Morgan fingerprint density at radius 2 is 2.11 bits per heavy atom. The monoisotopic (exact) mass is 287 g/mol. The molecule has 0 fully saturated rings. The largest absolute Gasteiger partial charge is 0.496 e. The number of amides is 1. The third-order valence-corrected chi connectivity index (χ3v) is 3.15. The van der Waals surface area contributed by atoms with E-state index < -0.39 is 5.82 Å². The van der Waals surface area contributed by atoms with Crippen molar-refractivity contribution in [1.29, 1.82) is 0 Å². The summed E-state index contributed by atoms with van der Waals surface area (Å²) < 4.78 is 18.8. The Hall–Kier alpha value is -1.29. The van der Waals surface area contributed by atoms with Gasteiger partial charge in [-0.05, 0) is 25.0 Å². The van der Waals surface area contributed by atoms with E-state index in [1.807, 2.05) is 0 Å². The first-order valence-electron chi connectivity index (χ1n) is 6.25. The van der Waals surface area contributed by atoms with Crippen molar-refractivity contribution in [3.8, 4) is 5.75 Å². The third kappa shape index (κ3) is 4.39. The Morgan fingerprint density at radius 3 is 2.74 bits per heavy atom. The van der Waals surface area contributed by atoms with E-state index in [9.17, 15) is 9.18 Å². The van der Waals surface area contributed by atoms with Gasteiger partial charge in [0.15, 0.2) is 0 Å². The molecule has 0 spiro atoms. The standard InChI is InChI=1S/C14H19ClFNO2/c1-17(10-5-3-4-9-15)14(18)13-11(16)7-6-8-12(13)19-2/h6-8H,3-5,9-10H2,1-2H3. The van der Waals surface area contributed by atoms with E-state index in [1.54, 1.807) is 13.1 Å². The smallest absolute Gasteiger partial charge is 0.260 e. The van der Waals surface area contributed by atoms with Crippen LogP contribution < -0.4 is 4.74 Å². The van der Waals surface area contributed by atoms with E-state index in [1.165, 1.54) is 24.1 Å². The molecule has 0 atom stereocenters. The second-order valence-electron chi connectivity index (χ2n) is 4.29. The molecule has 0 unspecified atom stereocenters. The highest BCUT2D eigenvalue weighted by molar-refractivity contribution is 6.17. The van der Waals surface area contributed by atoms with Crippen molar-refractivity contribution in [1.82, 2.24) is 4.90 Å². The highest BCUT2D eigenvalue weighted by atomic mass is 35.5. The number of benzene rings is 1. The fourth-order valence-corrected chi connectivity index (χ4v) is 1.98. The molecule has 0 aliphatic rings. The first-order valence-corrected chi connectivity index (χ1v) is 6.79. The normalized spacial score (nSPS) is 10.3. The van der Waals surface area contributed by atoms with Gasteiger partial charge in [-0.15, -0.1) is 11.6 Å². The molecule has 19 heavy (non-hydrogen) atoms. The molecule has 0 heterocycles. The van der Waals surface area contributed by atoms with Crippen molar-refractivity contribution in [3.05, 3.63) is 29.6 Å². The Bertz CT molecular complexity index is 426. The minimum Gasteiger partial charge on any atom is -0.496 e. The number of nitrogens with zero attached hydrogens (tertiary/aromatic N) is 1. The van der Waals surface area contributed by atoms with Crippen molar-refractivity contribution in [3.63, 3.8) is 0 Å².